The number of aryl methyl sites for hydroxylation is 2. The molecule has 1 rings (SSSR count). The van der Waals surface area contributed by atoms with E-state index in [1.165, 1.54) is 0 Å². The van der Waals surface area contributed by atoms with Crippen molar-refractivity contribution in [2.45, 2.75) is 46.8 Å². The number of benzene rings is 1. The Kier molecular flexibility index (Phi) is 4.43. The predicted molar refractivity (Wildman–Crippen MR) is 67.9 cm³/mol. The molecule has 0 aliphatic heterocycles. The molecule has 0 fully saturated rings. The first-order chi connectivity index (χ1) is 8.20. The zero-order valence-electron chi connectivity index (χ0n) is 11.5. The zero-order chi connectivity index (χ0) is 14.1. The molecule has 0 amide bonds. The number of rotatable bonds is 3. The Labute approximate surface area is 106 Å². The Hall–Kier alpha value is -1.03. The quantitative estimate of drug-likeness (QED) is 0.860. The zero-order valence-corrected chi connectivity index (χ0v) is 11.5. The summed E-state index contributed by atoms with van der Waals surface area (Å²) in [7, 11) is 0. The van der Waals surface area contributed by atoms with Crippen molar-refractivity contribution in [2.75, 3.05) is 6.54 Å². The van der Waals surface area contributed by atoms with Gasteiger partial charge in [0.2, 0.25) is 0 Å². The van der Waals surface area contributed by atoms with Gasteiger partial charge in [-0.3, -0.25) is 0 Å². The van der Waals surface area contributed by atoms with Crippen LogP contribution in [0.2, 0.25) is 0 Å². The lowest BCUT2D eigenvalue weighted by atomic mass is 9.89. The Balaban J connectivity index is 3.45. The van der Waals surface area contributed by atoms with Crippen LogP contribution in [0.4, 0.5) is 13.2 Å². The largest absolute Gasteiger partial charge is 0.407 e. The van der Waals surface area contributed by atoms with Gasteiger partial charge in [-0.2, -0.15) is 13.2 Å². The van der Waals surface area contributed by atoms with Crippen LogP contribution in [0.25, 0.3) is 0 Å². The fourth-order valence-corrected chi connectivity index (χ4v) is 2.27. The highest BCUT2D eigenvalue weighted by atomic mass is 19.4. The molecular weight excluding hydrogens is 239 g/mol. The molecule has 1 nitrogen and oxygen atoms in total. The van der Waals surface area contributed by atoms with E-state index in [-0.39, 0.29) is 6.54 Å². The van der Waals surface area contributed by atoms with E-state index < -0.39 is 12.2 Å². The van der Waals surface area contributed by atoms with E-state index in [1.807, 2.05) is 19.9 Å². The molecule has 0 aromatic heterocycles. The highest BCUT2D eigenvalue weighted by Gasteiger charge is 2.41. The molecule has 1 aromatic rings. The highest BCUT2D eigenvalue weighted by Crippen LogP contribution is 2.37. The van der Waals surface area contributed by atoms with Crippen molar-refractivity contribution < 1.29 is 13.2 Å². The number of hydrogen-bond acceptors (Lipinski definition) is 1. The molecule has 0 saturated carbocycles. The maximum absolute atomic E-state index is 13.2. The molecule has 0 aliphatic carbocycles. The average Bonchev–Trinajstić information content (AvgIpc) is 2.24. The Morgan fingerprint density at radius 3 is 1.83 bits per heavy atom. The average molecular weight is 259 g/mol. The van der Waals surface area contributed by atoms with Gasteiger partial charge in [-0.05, 0) is 62.1 Å². The first-order valence-corrected chi connectivity index (χ1v) is 6.07. The third-order valence-electron chi connectivity index (χ3n) is 3.45. The van der Waals surface area contributed by atoms with Crippen LogP contribution >= 0.6 is 0 Å². The van der Waals surface area contributed by atoms with Gasteiger partial charge in [0, 0.05) is 0 Å². The fourth-order valence-electron chi connectivity index (χ4n) is 2.27. The third kappa shape index (κ3) is 2.86. The van der Waals surface area contributed by atoms with Gasteiger partial charge in [0.05, 0.1) is 0 Å². The van der Waals surface area contributed by atoms with Crippen molar-refractivity contribution in [1.82, 2.24) is 5.32 Å². The van der Waals surface area contributed by atoms with Crippen molar-refractivity contribution in [2.24, 2.45) is 0 Å². The molecule has 1 aromatic carbocycles. The van der Waals surface area contributed by atoms with Gasteiger partial charge in [0.15, 0.2) is 0 Å². The van der Waals surface area contributed by atoms with Crippen LogP contribution in [0.1, 0.15) is 40.8 Å². The van der Waals surface area contributed by atoms with E-state index in [0.717, 1.165) is 22.3 Å². The fraction of sp³-hybridized carbons (Fsp3) is 0.571. The van der Waals surface area contributed by atoms with Crippen LogP contribution < -0.4 is 5.32 Å². The second kappa shape index (κ2) is 5.31. The van der Waals surface area contributed by atoms with Gasteiger partial charge in [-0.25, -0.2) is 0 Å². The van der Waals surface area contributed by atoms with Crippen molar-refractivity contribution in [3.63, 3.8) is 0 Å². The molecule has 0 spiro atoms. The second-order valence-corrected chi connectivity index (χ2v) is 4.71. The molecular formula is C14H20F3N. The molecule has 0 aliphatic rings. The minimum Gasteiger partial charge on any atom is -0.303 e. The molecule has 102 valence electrons. The van der Waals surface area contributed by atoms with Gasteiger partial charge in [-0.15, -0.1) is 0 Å². The van der Waals surface area contributed by atoms with Gasteiger partial charge in [-0.1, -0.05) is 13.0 Å². The molecule has 1 N–H and O–H groups in total. The van der Waals surface area contributed by atoms with Crippen LogP contribution in [0.3, 0.4) is 0 Å². The van der Waals surface area contributed by atoms with Crippen LogP contribution in [0.5, 0.6) is 0 Å². The molecule has 1 atom stereocenters. The number of alkyl halides is 3. The molecule has 4 heteroatoms. The molecule has 0 saturated heterocycles. The summed E-state index contributed by atoms with van der Waals surface area (Å²) in [5.41, 5.74) is 3.63. The van der Waals surface area contributed by atoms with Gasteiger partial charge in [0.1, 0.15) is 6.04 Å². The lowest BCUT2D eigenvalue weighted by Crippen LogP contribution is -2.35. The maximum Gasteiger partial charge on any atom is 0.407 e. The lowest BCUT2D eigenvalue weighted by Gasteiger charge is -2.26. The van der Waals surface area contributed by atoms with Crippen molar-refractivity contribution >= 4 is 0 Å². The summed E-state index contributed by atoms with van der Waals surface area (Å²) in [6, 6.07) is 0.356. The number of hydrogen-bond donors (Lipinski definition) is 1. The minimum atomic E-state index is -4.27. The molecule has 0 bridgehead atoms. The van der Waals surface area contributed by atoms with E-state index in [1.54, 1.807) is 20.8 Å². The highest BCUT2D eigenvalue weighted by molar-refractivity contribution is 5.46. The first kappa shape index (κ1) is 15.0. The third-order valence-corrected chi connectivity index (χ3v) is 3.45. The summed E-state index contributed by atoms with van der Waals surface area (Å²) in [6.45, 7) is 9.19. The summed E-state index contributed by atoms with van der Waals surface area (Å²) in [4.78, 5) is 0. The van der Waals surface area contributed by atoms with E-state index in [4.69, 9.17) is 0 Å². The summed E-state index contributed by atoms with van der Waals surface area (Å²) < 4.78 is 39.5. The van der Waals surface area contributed by atoms with Gasteiger partial charge >= 0.3 is 6.18 Å². The van der Waals surface area contributed by atoms with Crippen LogP contribution in [0, 0.1) is 27.7 Å². The minimum absolute atomic E-state index is 0.288. The van der Waals surface area contributed by atoms with Crippen LogP contribution in [-0.4, -0.2) is 12.7 Å². The van der Waals surface area contributed by atoms with E-state index in [2.05, 4.69) is 5.32 Å². The Bertz CT molecular complexity index is 409. The lowest BCUT2D eigenvalue weighted by molar-refractivity contribution is -0.157. The maximum atomic E-state index is 13.2. The number of halogens is 3. The second-order valence-electron chi connectivity index (χ2n) is 4.71. The van der Waals surface area contributed by atoms with Crippen molar-refractivity contribution in [3.05, 3.63) is 33.9 Å². The predicted octanol–water partition coefficient (Wildman–Crippen LogP) is 4.13. The topological polar surface area (TPSA) is 12.0 Å². The normalized spacial score (nSPS) is 13.8. The summed E-state index contributed by atoms with van der Waals surface area (Å²) in [6.07, 6.45) is -4.27. The summed E-state index contributed by atoms with van der Waals surface area (Å²) >= 11 is 0. The first-order valence-electron chi connectivity index (χ1n) is 6.07. The molecule has 1 unspecified atom stereocenters. The van der Waals surface area contributed by atoms with E-state index in [9.17, 15) is 13.2 Å². The molecule has 18 heavy (non-hydrogen) atoms. The molecule has 0 heterocycles. The van der Waals surface area contributed by atoms with Gasteiger partial charge < -0.3 is 5.32 Å². The van der Waals surface area contributed by atoms with Crippen molar-refractivity contribution in [3.8, 4) is 0 Å². The molecule has 0 radical (unpaired) electrons. The van der Waals surface area contributed by atoms with Gasteiger partial charge in [0.25, 0.3) is 0 Å². The van der Waals surface area contributed by atoms with E-state index >= 15 is 0 Å². The number of nitrogens with one attached hydrogen (secondary N) is 1. The van der Waals surface area contributed by atoms with E-state index in [0.29, 0.717) is 5.56 Å². The summed E-state index contributed by atoms with van der Waals surface area (Å²) in [5.74, 6) is 0. The summed E-state index contributed by atoms with van der Waals surface area (Å²) in [5, 5.41) is 2.55. The van der Waals surface area contributed by atoms with Crippen molar-refractivity contribution in [1.29, 1.82) is 0 Å². The monoisotopic (exact) mass is 259 g/mol. The standard InChI is InChI=1S/C14H20F3N/c1-6-18-13(14(15,16)17)12-10(4)8(2)7-9(3)11(12)5/h7,13,18H,6H2,1-5H3. The van der Waals surface area contributed by atoms with Crippen LogP contribution in [-0.2, 0) is 0 Å². The Morgan fingerprint density at radius 1 is 1.06 bits per heavy atom. The van der Waals surface area contributed by atoms with Crippen LogP contribution in [0.15, 0.2) is 6.07 Å². The SMILES string of the molecule is CCNC(c1c(C)c(C)cc(C)c1C)C(F)(F)F. The smallest absolute Gasteiger partial charge is 0.303 e. The Morgan fingerprint density at radius 2 is 1.50 bits per heavy atom.